The Labute approximate surface area is 122 Å². The number of rotatable bonds is 8. The number of hydrogen-bond acceptors (Lipinski definition) is 6. The molecule has 0 aliphatic rings. The fourth-order valence-corrected chi connectivity index (χ4v) is 1.99. The molecule has 0 saturated heterocycles. The Morgan fingerprint density at radius 2 is 1.85 bits per heavy atom. The van der Waals surface area contributed by atoms with Crippen molar-refractivity contribution in [3.63, 3.8) is 0 Å². The Bertz CT molecular complexity index is 405. The van der Waals surface area contributed by atoms with Crippen LogP contribution in [0.15, 0.2) is 6.33 Å². The van der Waals surface area contributed by atoms with Gasteiger partial charge in [-0.25, -0.2) is 15.8 Å². The molecule has 0 bridgehead atoms. The van der Waals surface area contributed by atoms with Gasteiger partial charge in [0.1, 0.15) is 18.0 Å². The van der Waals surface area contributed by atoms with Crippen LogP contribution in [0.5, 0.6) is 0 Å². The van der Waals surface area contributed by atoms with Crippen LogP contribution in [-0.4, -0.2) is 41.0 Å². The van der Waals surface area contributed by atoms with Gasteiger partial charge in [-0.2, -0.15) is 0 Å². The Morgan fingerprint density at radius 1 is 1.20 bits per heavy atom. The minimum absolute atomic E-state index is 0.308. The van der Waals surface area contributed by atoms with Crippen LogP contribution in [0.1, 0.15) is 45.6 Å². The van der Waals surface area contributed by atoms with Crippen LogP contribution >= 0.6 is 0 Å². The largest absolute Gasteiger partial charge is 0.370 e. The summed E-state index contributed by atoms with van der Waals surface area (Å²) in [5.41, 5.74) is 3.68. The van der Waals surface area contributed by atoms with E-state index in [0.717, 1.165) is 30.9 Å². The lowest BCUT2D eigenvalue weighted by Gasteiger charge is -2.21. The van der Waals surface area contributed by atoms with Gasteiger partial charge in [-0.3, -0.25) is 0 Å². The fraction of sp³-hybridized carbons (Fsp3) is 0.714. The van der Waals surface area contributed by atoms with Crippen LogP contribution in [0.25, 0.3) is 0 Å². The molecule has 0 amide bonds. The average molecular weight is 280 g/mol. The van der Waals surface area contributed by atoms with Gasteiger partial charge in [0, 0.05) is 18.2 Å². The molecule has 20 heavy (non-hydrogen) atoms. The molecule has 0 fully saturated rings. The molecule has 0 aliphatic heterocycles. The van der Waals surface area contributed by atoms with Crippen molar-refractivity contribution in [1.82, 2.24) is 14.9 Å². The van der Waals surface area contributed by atoms with Gasteiger partial charge in [-0.05, 0) is 39.8 Å². The van der Waals surface area contributed by atoms with Crippen molar-refractivity contribution >= 4 is 11.6 Å². The Balaban J connectivity index is 2.60. The summed E-state index contributed by atoms with van der Waals surface area (Å²) in [4.78, 5) is 10.8. The molecule has 1 aromatic rings. The van der Waals surface area contributed by atoms with Crippen LogP contribution < -0.4 is 16.6 Å². The topological polar surface area (TPSA) is 79.1 Å². The van der Waals surface area contributed by atoms with E-state index in [1.54, 1.807) is 0 Å². The number of nitrogens with two attached hydrogens (primary N) is 1. The van der Waals surface area contributed by atoms with Crippen LogP contribution in [0, 0.1) is 0 Å². The van der Waals surface area contributed by atoms with Gasteiger partial charge >= 0.3 is 0 Å². The molecule has 0 unspecified atom stereocenters. The van der Waals surface area contributed by atoms with Crippen molar-refractivity contribution in [3.05, 3.63) is 11.9 Å². The van der Waals surface area contributed by atoms with Gasteiger partial charge in [0.2, 0.25) is 0 Å². The van der Waals surface area contributed by atoms with Crippen LogP contribution in [0.2, 0.25) is 0 Å². The van der Waals surface area contributed by atoms with Gasteiger partial charge in [-0.15, -0.1) is 0 Å². The number of anilines is 2. The first kappa shape index (κ1) is 16.7. The molecule has 1 aromatic heterocycles. The summed E-state index contributed by atoms with van der Waals surface area (Å²) >= 11 is 0. The highest BCUT2D eigenvalue weighted by atomic mass is 15.3. The van der Waals surface area contributed by atoms with E-state index < -0.39 is 0 Å². The summed E-state index contributed by atoms with van der Waals surface area (Å²) < 4.78 is 0. The third-order valence-corrected chi connectivity index (χ3v) is 3.46. The van der Waals surface area contributed by atoms with Crippen LogP contribution in [-0.2, 0) is 0 Å². The molecule has 0 aliphatic carbocycles. The number of nitrogens with one attached hydrogen (secondary N) is 2. The molecular weight excluding hydrogens is 252 g/mol. The monoisotopic (exact) mass is 280 g/mol. The predicted octanol–water partition coefficient (Wildman–Crippen LogP) is 2.03. The first-order valence-electron chi connectivity index (χ1n) is 7.23. The quantitative estimate of drug-likeness (QED) is 0.384. The first-order valence-corrected chi connectivity index (χ1v) is 7.23. The second-order valence-electron chi connectivity index (χ2n) is 5.64. The van der Waals surface area contributed by atoms with Crippen molar-refractivity contribution in [1.29, 1.82) is 0 Å². The number of nitrogen functional groups attached to an aromatic ring is 1. The van der Waals surface area contributed by atoms with E-state index in [-0.39, 0.29) is 0 Å². The lowest BCUT2D eigenvalue weighted by Crippen LogP contribution is -2.28. The molecule has 1 rings (SSSR count). The van der Waals surface area contributed by atoms with Crippen molar-refractivity contribution in [2.24, 2.45) is 5.84 Å². The van der Waals surface area contributed by atoms with Gasteiger partial charge in [0.15, 0.2) is 0 Å². The first-order chi connectivity index (χ1) is 9.47. The zero-order valence-corrected chi connectivity index (χ0v) is 13.3. The lowest BCUT2D eigenvalue weighted by molar-refractivity contribution is 0.273. The molecule has 0 spiro atoms. The molecule has 0 aromatic carbocycles. The number of hydrazine groups is 1. The highest BCUT2D eigenvalue weighted by molar-refractivity contribution is 5.58. The maximum atomic E-state index is 5.51. The lowest BCUT2D eigenvalue weighted by atomic mass is 10.0. The third kappa shape index (κ3) is 4.61. The van der Waals surface area contributed by atoms with E-state index in [1.165, 1.54) is 6.33 Å². The number of aromatic nitrogens is 2. The summed E-state index contributed by atoms with van der Waals surface area (Å²) in [7, 11) is 2.14. The van der Waals surface area contributed by atoms with Gasteiger partial charge in [-0.1, -0.05) is 13.8 Å². The van der Waals surface area contributed by atoms with Crippen LogP contribution in [0.3, 0.4) is 0 Å². The molecule has 0 saturated carbocycles. The summed E-state index contributed by atoms with van der Waals surface area (Å²) in [5, 5.41) is 3.39. The second-order valence-corrected chi connectivity index (χ2v) is 5.64. The van der Waals surface area contributed by atoms with E-state index >= 15 is 0 Å². The van der Waals surface area contributed by atoms with Crippen molar-refractivity contribution < 1.29 is 0 Å². The molecule has 0 atom stereocenters. The predicted molar refractivity (Wildman–Crippen MR) is 84.8 cm³/mol. The summed E-state index contributed by atoms with van der Waals surface area (Å²) in [6.07, 6.45) is 2.60. The molecule has 1 heterocycles. The minimum atomic E-state index is 0.308. The van der Waals surface area contributed by atoms with E-state index in [1.807, 2.05) is 0 Å². The molecule has 114 valence electrons. The smallest absolute Gasteiger partial charge is 0.148 e. The van der Waals surface area contributed by atoms with Crippen molar-refractivity contribution in [2.75, 3.05) is 30.9 Å². The standard InChI is InChI=1S/C14H28N6/c1-10(2)12-13(17-9-18-14(12)19-15)16-7-6-8-20(5)11(3)4/h9-11H,6-8,15H2,1-5H3,(H2,16,17,18,19). The summed E-state index contributed by atoms with van der Waals surface area (Å²) in [5.74, 6) is 7.38. The van der Waals surface area contributed by atoms with Crippen molar-refractivity contribution in [3.8, 4) is 0 Å². The number of nitrogens with zero attached hydrogens (tertiary/aromatic N) is 3. The Kier molecular flexibility index (Phi) is 6.67. The molecule has 4 N–H and O–H groups in total. The molecule has 6 heteroatoms. The highest BCUT2D eigenvalue weighted by Crippen LogP contribution is 2.27. The minimum Gasteiger partial charge on any atom is -0.370 e. The van der Waals surface area contributed by atoms with E-state index in [2.05, 4.69) is 60.4 Å². The zero-order valence-electron chi connectivity index (χ0n) is 13.3. The molecular formula is C14H28N6. The van der Waals surface area contributed by atoms with E-state index in [0.29, 0.717) is 17.8 Å². The second kappa shape index (κ2) is 8.01. The van der Waals surface area contributed by atoms with Crippen molar-refractivity contribution in [2.45, 2.75) is 46.1 Å². The SMILES string of the molecule is CC(C)c1c(NN)ncnc1NCCCN(C)C(C)C. The molecule has 0 radical (unpaired) electrons. The number of hydrogen-bond donors (Lipinski definition) is 3. The van der Waals surface area contributed by atoms with Gasteiger partial charge in [0.25, 0.3) is 0 Å². The molecule has 6 nitrogen and oxygen atoms in total. The van der Waals surface area contributed by atoms with Gasteiger partial charge < -0.3 is 15.6 Å². The highest BCUT2D eigenvalue weighted by Gasteiger charge is 2.14. The maximum Gasteiger partial charge on any atom is 0.148 e. The normalized spacial score (nSPS) is 11.4. The van der Waals surface area contributed by atoms with Crippen LogP contribution in [0.4, 0.5) is 11.6 Å². The summed E-state index contributed by atoms with van der Waals surface area (Å²) in [6.45, 7) is 10.6. The fourth-order valence-electron chi connectivity index (χ4n) is 1.99. The summed E-state index contributed by atoms with van der Waals surface area (Å²) in [6, 6.07) is 0.577. The van der Waals surface area contributed by atoms with E-state index in [9.17, 15) is 0 Å². The Morgan fingerprint density at radius 3 is 2.40 bits per heavy atom. The Hall–Kier alpha value is -1.40. The third-order valence-electron chi connectivity index (χ3n) is 3.46. The van der Waals surface area contributed by atoms with Gasteiger partial charge in [0.05, 0.1) is 0 Å². The van der Waals surface area contributed by atoms with E-state index in [4.69, 9.17) is 5.84 Å². The average Bonchev–Trinajstić information content (AvgIpc) is 2.42. The zero-order chi connectivity index (χ0) is 15.1. The maximum absolute atomic E-state index is 5.51.